The van der Waals surface area contributed by atoms with Crippen LogP contribution in [0.5, 0.6) is 0 Å². The van der Waals surface area contributed by atoms with E-state index in [0.717, 1.165) is 13.0 Å². The molecule has 2 rings (SSSR count). The summed E-state index contributed by atoms with van der Waals surface area (Å²) >= 11 is 0. The maximum Gasteiger partial charge on any atom is 0.254 e. The summed E-state index contributed by atoms with van der Waals surface area (Å²) in [4.78, 5) is 14.1. The molecule has 1 aromatic rings. The van der Waals surface area contributed by atoms with Gasteiger partial charge in [0.05, 0.1) is 5.56 Å². The monoisotopic (exact) mass is 250 g/mol. The number of halogens is 1. The number of likely N-dealkylation sites (tertiary alicyclic amines) is 1. The van der Waals surface area contributed by atoms with Gasteiger partial charge in [-0.25, -0.2) is 4.39 Å². The Kier molecular flexibility index (Phi) is 3.97. The fraction of sp³-hybridized carbons (Fsp3) is 0.500. The largest absolute Gasteiger partial charge is 0.352 e. The average Bonchev–Trinajstić information content (AvgIpc) is 2.66. The molecule has 2 atom stereocenters. The third-order valence-corrected chi connectivity index (χ3v) is 3.64. The third kappa shape index (κ3) is 2.88. The van der Waals surface area contributed by atoms with E-state index >= 15 is 0 Å². The van der Waals surface area contributed by atoms with Crippen LogP contribution in [0.2, 0.25) is 0 Å². The summed E-state index contributed by atoms with van der Waals surface area (Å²) in [5.41, 5.74) is 0.122. The van der Waals surface area contributed by atoms with Gasteiger partial charge < -0.3 is 10.2 Å². The van der Waals surface area contributed by atoms with Crippen LogP contribution in [-0.2, 0) is 0 Å². The van der Waals surface area contributed by atoms with Crippen molar-refractivity contribution in [2.45, 2.75) is 19.4 Å². The van der Waals surface area contributed by atoms with E-state index in [1.807, 2.05) is 0 Å². The molecule has 0 saturated carbocycles. The van der Waals surface area contributed by atoms with Gasteiger partial charge in [-0.15, -0.1) is 0 Å². The van der Waals surface area contributed by atoms with Crippen molar-refractivity contribution in [1.82, 2.24) is 10.2 Å². The van der Waals surface area contributed by atoms with Crippen molar-refractivity contribution < 1.29 is 9.18 Å². The Balaban J connectivity index is 1.88. The lowest BCUT2D eigenvalue weighted by atomic mass is 10.1. The molecule has 0 aliphatic carbocycles. The number of nitrogens with one attached hydrogen (secondary N) is 1. The van der Waals surface area contributed by atoms with Crippen molar-refractivity contribution in [3.8, 4) is 0 Å². The molecule has 4 heteroatoms. The maximum atomic E-state index is 13.4. The van der Waals surface area contributed by atoms with Gasteiger partial charge in [0.2, 0.25) is 0 Å². The second-order valence-electron chi connectivity index (χ2n) is 5.08. The first-order valence-corrected chi connectivity index (χ1v) is 6.31. The standard InChI is InChI=1S/C14H19FN2O/c1-10-7-11(9-17(10)2)8-16-14(18)12-5-3-4-6-13(12)15/h3-6,10-11H,7-9H2,1-2H3,(H,16,18). The number of hydrogen-bond acceptors (Lipinski definition) is 2. The highest BCUT2D eigenvalue weighted by molar-refractivity contribution is 5.94. The molecular weight excluding hydrogens is 231 g/mol. The molecule has 3 nitrogen and oxygen atoms in total. The lowest BCUT2D eigenvalue weighted by Gasteiger charge is -2.13. The number of hydrogen-bond donors (Lipinski definition) is 1. The summed E-state index contributed by atoms with van der Waals surface area (Å²) in [6.07, 6.45) is 1.08. The summed E-state index contributed by atoms with van der Waals surface area (Å²) in [5, 5.41) is 2.82. The minimum atomic E-state index is -0.466. The van der Waals surface area contributed by atoms with Gasteiger partial charge in [0.25, 0.3) is 5.91 Å². The van der Waals surface area contributed by atoms with Crippen LogP contribution in [0.25, 0.3) is 0 Å². The Morgan fingerprint density at radius 2 is 2.22 bits per heavy atom. The molecule has 1 saturated heterocycles. The molecule has 1 fully saturated rings. The number of rotatable bonds is 3. The van der Waals surface area contributed by atoms with E-state index in [4.69, 9.17) is 0 Å². The summed E-state index contributed by atoms with van der Waals surface area (Å²) in [6.45, 7) is 3.78. The molecular formula is C14H19FN2O. The van der Waals surface area contributed by atoms with E-state index in [-0.39, 0.29) is 11.5 Å². The maximum absolute atomic E-state index is 13.4. The summed E-state index contributed by atoms with van der Waals surface area (Å²) in [6, 6.07) is 6.62. The smallest absolute Gasteiger partial charge is 0.254 e. The van der Waals surface area contributed by atoms with Crippen molar-refractivity contribution in [1.29, 1.82) is 0 Å². The molecule has 0 radical (unpaired) electrons. The first-order valence-electron chi connectivity index (χ1n) is 6.31. The summed E-state index contributed by atoms with van der Waals surface area (Å²) in [5.74, 6) is -0.331. The van der Waals surface area contributed by atoms with Crippen LogP contribution in [-0.4, -0.2) is 37.0 Å². The van der Waals surface area contributed by atoms with Gasteiger partial charge in [0.15, 0.2) is 0 Å². The topological polar surface area (TPSA) is 32.3 Å². The summed E-state index contributed by atoms with van der Waals surface area (Å²) in [7, 11) is 2.09. The third-order valence-electron chi connectivity index (χ3n) is 3.64. The highest BCUT2D eigenvalue weighted by Gasteiger charge is 2.26. The molecule has 1 N–H and O–H groups in total. The van der Waals surface area contributed by atoms with Crippen molar-refractivity contribution in [3.05, 3.63) is 35.6 Å². The molecule has 1 heterocycles. The van der Waals surface area contributed by atoms with E-state index in [1.54, 1.807) is 12.1 Å². The molecule has 1 aliphatic rings. The average molecular weight is 250 g/mol. The van der Waals surface area contributed by atoms with Gasteiger partial charge in [-0.2, -0.15) is 0 Å². The van der Waals surface area contributed by atoms with Crippen LogP contribution in [0, 0.1) is 11.7 Å². The molecule has 1 aromatic carbocycles. The first-order chi connectivity index (χ1) is 8.58. The number of amides is 1. The van der Waals surface area contributed by atoms with Gasteiger partial charge in [-0.3, -0.25) is 4.79 Å². The zero-order chi connectivity index (χ0) is 13.1. The Bertz CT molecular complexity index is 426. The minimum absolute atomic E-state index is 0.122. The predicted octanol–water partition coefficient (Wildman–Crippen LogP) is 1.90. The zero-order valence-electron chi connectivity index (χ0n) is 10.8. The molecule has 0 aromatic heterocycles. The number of carbonyl (C=O) groups excluding carboxylic acids is 1. The van der Waals surface area contributed by atoms with Crippen LogP contribution >= 0.6 is 0 Å². The fourth-order valence-electron chi connectivity index (χ4n) is 2.45. The highest BCUT2D eigenvalue weighted by Crippen LogP contribution is 2.20. The van der Waals surface area contributed by atoms with Crippen molar-refractivity contribution in [2.24, 2.45) is 5.92 Å². The molecule has 0 spiro atoms. The van der Waals surface area contributed by atoms with Gasteiger partial charge in [-0.05, 0) is 38.4 Å². The van der Waals surface area contributed by atoms with E-state index in [2.05, 4.69) is 24.2 Å². The van der Waals surface area contributed by atoms with E-state index < -0.39 is 5.82 Å². The van der Waals surface area contributed by atoms with Crippen molar-refractivity contribution in [2.75, 3.05) is 20.1 Å². The first kappa shape index (κ1) is 13.0. The minimum Gasteiger partial charge on any atom is -0.352 e. The molecule has 0 bridgehead atoms. The lowest BCUT2D eigenvalue weighted by Crippen LogP contribution is -2.31. The van der Waals surface area contributed by atoms with Crippen molar-refractivity contribution >= 4 is 5.91 Å². The van der Waals surface area contributed by atoms with Gasteiger partial charge >= 0.3 is 0 Å². The second kappa shape index (κ2) is 5.48. The summed E-state index contributed by atoms with van der Waals surface area (Å²) < 4.78 is 13.4. The van der Waals surface area contributed by atoms with Crippen LogP contribution < -0.4 is 5.32 Å². The van der Waals surface area contributed by atoms with Crippen LogP contribution in [0.4, 0.5) is 4.39 Å². The zero-order valence-corrected chi connectivity index (χ0v) is 10.8. The Hall–Kier alpha value is -1.42. The van der Waals surface area contributed by atoms with Gasteiger partial charge in [-0.1, -0.05) is 12.1 Å². The predicted molar refractivity (Wildman–Crippen MR) is 68.9 cm³/mol. The Labute approximate surface area is 107 Å². The Morgan fingerprint density at radius 1 is 1.50 bits per heavy atom. The van der Waals surface area contributed by atoms with E-state index in [9.17, 15) is 9.18 Å². The quantitative estimate of drug-likeness (QED) is 0.888. The van der Waals surface area contributed by atoms with Gasteiger partial charge in [0, 0.05) is 19.1 Å². The van der Waals surface area contributed by atoms with Crippen molar-refractivity contribution in [3.63, 3.8) is 0 Å². The number of benzene rings is 1. The highest BCUT2D eigenvalue weighted by atomic mass is 19.1. The van der Waals surface area contributed by atoms with Crippen LogP contribution in [0.1, 0.15) is 23.7 Å². The number of carbonyl (C=O) groups is 1. The fourth-order valence-corrected chi connectivity index (χ4v) is 2.45. The lowest BCUT2D eigenvalue weighted by molar-refractivity contribution is 0.0943. The molecule has 2 unspecified atom stereocenters. The normalized spacial score (nSPS) is 24.2. The molecule has 98 valence electrons. The molecule has 1 amide bonds. The van der Waals surface area contributed by atoms with E-state index in [1.165, 1.54) is 12.1 Å². The molecule has 18 heavy (non-hydrogen) atoms. The Morgan fingerprint density at radius 3 is 2.83 bits per heavy atom. The van der Waals surface area contributed by atoms with Crippen LogP contribution in [0.3, 0.4) is 0 Å². The van der Waals surface area contributed by atoms with Crippen LogP contribution in [0.15, 0.2) is 24.3 Å². The number of nitrogens with zero attached hydrogens (tertiary/aromatic N) is 1. The molecule has 1 aliphatic heterocycles. The second-order valence-corrected chi connectivity index (χ2v) is 5.08. The van der Waals surface area contributed by atoms with Gasteiger partial charge in [0.1, 0.15) is 5.82 Å². The van der Waals surface area contributed by atoms with E-state index in [0.29, 0.717) is 18.5 Å². The SMILES string of the molecule is CC1CC(CNC(=O)c2ccccc2F)CN1C.